The number of hydrogen-bond donors (Lipinski definition) is 2. The third-order valence-electron chi connectivity index (χ3n) is 6.06. The van der Waals surface area contributed by atoms with Gasteiger partial charge in [-0.25, -0.2) is 0 Å². The molecule has 0 aromatic carbocycles. The number of aromatic nitrogens is 1. The number of likely N-dealkylation sites (tertiary alicyclic amines) is 1. The molecule has 3 aliphatic heterocycles. The zero-order chi connectivity index (χ0) is 19.3. The minimum absolute atomic E-state index is 0. The Morgan fingerprint density at radius 1 is 1.21 bits per heavy atom. The molecular formula is C19H27ClN4O4. The predicted molar refractivity (Wildman–Crippen MR) is 106 cm³/mol. The molecule has 0 radical (unpaired) electrons. The Morgan fingerprint density at radius 3 is 2.61 bits per heavy atom. The zero-order valence-corrected chi connectivity index (χ0v) is 16.9. The highest BCUT2D eigenvalue weighted by molar-refractivity contribution is 5.85. The number of pyridine rings is 1. The van der Waals surface area contributed by atoms with Crippen LogP contribution in [0.4, 0.5) is 0 Å². The van der Waals surface area contributed by atoms with E-state index in [4.69, 9.17) is 0 Å². The third-order valence-corrected chi connectivity index (χ3v) is 6.06. The summed E-state index contributed by atoms with van der Waals surface area (Å²) in [5.41, 5.74) is 0.665. The molecule has 2 bridgehead atoms. The van der Waals surface area contributed by atoms with E-state index in [9.17, 15) is 19.5 Å². The summed E-state index contributed by atoms with van der Waals surface area (Å²) in [5.74, 6) is -0.193. The highest BCUT2D eigenvalue weighted by Crippen LogP contribution is 2.41. The summed E-state index contributed by atoms with van der Waals surface area (Å²) in [7, 11) is 3.38. The van der Waals surface area contributed by atoms with Crippen molar-refractivity contribution in [3.63, 3.8) is 0 Å². The Hall–Kier alpha value is -1.90. The van der Waals surface area contributed by atoms with Crippen LogP contribution in [0, 0.1) is 5.92 Å². The van der Waals surface area contributed by atoms with E-state index in [1.165, 1.54) is 11.0 Å². The van der Waals surface area contributed by atoms with Gasteiger partial charge in [0.1, 0.15) is 6.04 Å². The molecule has 8 nitrogen and oxygen atoms in total. The second kappa shape index (κ2) is 7.85. The maximum absolute atomic E-state index is 13.0. The number of aliphatic hydroxyl groups is 1. The monoisotopic (exact) mass is 410 g/mol. The number of carbonyl (C=O) groups excluding carboxylic acids is 2. The van der Waals surface area contributed by atoms with Crippen LogP contribution >= 0.6 is 12.4 Å². The lowest BCUT2D eigenvalue weighted by atomic mass is 9.77. The first-order valence-corrected chi connectivity index (χ1v) is 9.49. The van der Waals surface area contributed by atoms with Gasteiger partial charge in [-0.1, -0.05) is 6.07 Å². The molecule has 2 amide bonds. The number of fused-ring (bicyclic) bond motifs is 4. The maximum Gasteiger partial charge on any atom is 0.251 e. The van der Waals surface area contributed by atoms with Crippen LogP contribution in [0.3, 0.4) is 0 Å². The first kappa shape index (κ1) is 20.8. The zero-order valence-electron chi connectivity index (χ0n) is 16.1. The third kappa shape index (κ3) is 3.44. The van der Waals surface area contributed by atoms with E-state index in [1.54, 1.807) is 24.7 Å². The van der Waals surface area contributed by atoms with E-state index >= 15 is 0 Å². The average Bonchev–Trinajstić information content (AvgIpc) is 3.08. The lowest BCUT2D eigenvalue weighted by molar-refractivity contribution is -0.141. The number of halogens is 1. The van der Waals surface area contributed by atoms with Gasteiger partial charge in [-0.2, -0.15) is 0 Å². The van der Waals surface area contributed by atoms with E-state index in [0.29, 0.717) is 26.1 Å². The molecule has 1 aromatic rings. The van der Waals surface area contributed by atoms with Gasteiger partial charge in [0.25, 0.3) is 5.56 Å². The van der Waals surface area contributed by atoms with E-state index in [2.05, 4.69) is 5.32 Å². The van der Waals surface area contributed by atoms with Crippen molar-refractivity contribution in [3.05, 3.63) is 34.2 Å². The SMILES string of the molecule is CN(C)C(=O)[C@H]1[C@H]2C[C@H](CN(C(=O)[C@@H]3C[C@@H](O)CN3)C2)c2cccc(=O)n21.Cl. The van der Waals surface area contributed by atoms with E-state index < -0.39 is 12.1 Å². The standard InChI is InChI=1S/C19H26N4O4.ClH/c1-21(2)19(27)17-12-6-11(15-4-3-5-16(25)23(15)17)9-22(10-12)18(26)14-7-13(24)8-20-14;/h3-5,11-14,17,20,24H,6-10H2,1-2H3;1H/t11-,12+,13-,14+,17-;/m1./s1. The first-order chi connectivity index (χ1) is 12.9. The van der Waals surface area contributed by atoms with Crippen molar-refractivity contribution < 1.29 is 14.7 Å². The van der Waals surface area contributed by atoms with Crippen molar-refractivity contribution in [2.75, 3.05) is 33.7 Å². The van der Waals surface area contributed by atoms with Crippen LogP contribution in [0.5, 0.6) is 0 Å². The molecule has 9 heteroatoms. The highest BCUT2D eigenvalue weighted by Gasteiger charge is 2.46. The van der Waals surface area contributed by atoms with E-state index in [0.717, 1.165) is 12.1 Å². The molecule has 4 heterocycles. The smallest absolute Gasteiger partial charge is 0.251 e. The molecular weight excluding hydrogens is 384 g/mol. The number of nitrogens with zero attached hydrogens (tertiary/aromatic N) is 3. The summed E-state index contributed by atoms with van der Waals surface area (Å²) in [4.78, 5) is 41.8. The predicted octanol–water partition coefficient (Wildman–Crippen LogP) is -0.432. The van der Waals surface area contributed by atoms with Gasteiger partial charge in [0.2, 0.25) is 11.8 Å². The molecule has 2 fully saturated rings. The van der Waals surface area contributed by atoms with Gasteiger partial charge in [0.15, 0.2) is 0 Å². The van der Waals surface area contributed by atoms with Gasteiger partial charge in [0, 0.05) is 57.3 Å². The number of hydrogen-bond acceptors (Lipinski definition) is 5. The normalized spacial score (nSPS) is 31.0. The minimum Gasteiger partial charge on any atom is -0.392 e. The Kier molecular flexibility index (Phi) is 5.84. The van der Waals surface area contributed by atoms with Gasteiger partial charge in [0.05, 0.1) is 12.1 Å². The van der Waals surface area contributed by atoms with Crippen LogP contribution in [-0.2, 0) is 9.59 Å². The number of piperidine rings is 1. The Bertz CT molecular complexity index is 826. The van der Waals surface area contributed by atoms with Gasteiger partial charge < -0.3 is 20.2 Å². The van der Waals surface area contributed by atoms with Crippen LogP contribution in [0.15, 0.2) is 23.0 Å². The fourth-order valence-electron chi connectivity index (χ4n) is 4.82. The number of likely N-dealkylation sites (N-methyl/N-ethyl adjacent to an activating group) is 1. The van der Waals surface area contributed by atoms with E-state index in [-0.39, 0.29) is 47.7 Å². The number of aliphatic hydroxyl groups excluding tert-OH is 1. The molecule has 0 unspecified atom stereocenters. The Balaban J connectivity index is 0.00000225. The molecule has 154 valence electrons. The van der Waals surface area contributed by atoms with Crippen LogP contribution in [-0.4, -0.2) is 77.2 Å². The van der Waals surface area contributed by atoms with Crippen LogP contribution < -0.4 is 10.9 Å². The number of amides is 2. The maximum atomic E-state index is 13.0. The van der Waals surface area contributed by atoms with Gasteiger partial charge >= 0.3 is 0 Å². The second-order valence-corrected chi connectivity index (χ2v) is 8.12. The summed E-state index contributed by atoms with van der Waals surface area (Å²) < 4.78 is 1.64. The number of β-amino-alcohol motifs (C(OH)–C–C–N with tert-alkyl or cyclic N) is 1. The summed E-state index contributed by atoms with van der Waals surface area (Å²) in [6.45, 7) is 1.42. The van der Waals surface area contributed by atoms with Crippen molar-refractivity contribution in [2.45, 2.75) is 36.9 Å². The van der Waals surface area contributed by atoms with Crippen LogP contribution in [0.25, 0.3) is 0 Å². The molecule has 5 atom stereocenters. The first-order valence-electron chi connectivity index (χ1n) is 9.49. The topological polar surface area (TPSA) is 94.9 Å². The largest absolute Gasteiger partial charge is 0.392 e. The summed E-state index contributed by atoms with van der Waals surface area (Å²) in [5, 5.41) is 12.8. The van der Waals surface area contributed by atoms with Gasteiger partial charge in [-0.3, -0.25) is 19.0 Å². The molecule has 0 spiro atoms. The summed E-state index contributed by atoms with van der Waals surface area (Å²) in [6, 6.07) is 4.15. The summed E-state index contributed by atoms with van der Waals surface area (Å²) in [6.07, 6.45) is 0.713. The molecule has 0 aliphatic carbocycles. The van der Waals surface area contributed by atoms with Crippen LogP contribution in [0.1, 0.15) is 30.5 Å². The van der Waals surface area contributed by atoms with Crippen molar-refractivity contribution >= 4 is 24.2 Å². The number of nitrogens with one attached hydrogen (secondary N) is 1. The van der Waals surface area contributed by atoms with Gasteiger partial charge in [-0.15, -0.1) is 12.4 Å². The molecule has 3 aliphatic rings. The Morgan fingerprint density at radius 2 is 1.96 bits per heavy atom. The lowest BCUT2D eigenvalue weighted by Gasteiger charge is -2.47. The van der Waals surface area contributed by atoms with E-state index in [1.807, 2.05) is 11.0 Å². The molecule has 28 heavy (non-hydrogen) atoms. The van der Waals surface area contributed by atoms with Crippen molar-refractivity contribution in [2.24, 2.45) is 5.92 Å². The fraction of sp³-hybridized carbons (Fsp3) is 0.632. The van der Waals surface area contributed by atoms with Crippen molar-refractivity contribution in [1.29, 1.82) is 0 Å². The number of rotatable bonds is 2. The Labute approximate surface area is 169 Å². The quantitative estimate of drug-likeness (QED) is 0.689. The molecule has 4 rings (SSSR count). The fourth-order valence-corrected chi connectivity index (χ4v) is 4.82. The minimum atomic E-state index is -0.585. The molecule has 0 saturated carbocycles. The summed E-state index contributed by atoms with van der Waals surface area (Å²) >= 11 is 0. The van der Waals surface area contributed by atoms with Crippen LogP contribution in [0.2, 0.25) is 0 Å². The number of carbonyl (C=O) groups is 2. The molecule has 1 aromatic heterocycles. The van der Waals surface area contributed by atoms with Gasteiger partial charge in [-0.05, 0) is 18.9 Å². The molecule has 2 saturated heterocycles. The highest BCUT2D eigenvalue weighted by atomic mass is 35.5. The molecule has 2 N–H and O–H groups in total. The van der Waals surface area contributed by atoms with Crippen molar-refractivity contribution in [3.8, 4) is 0 Å². The lowest BCUT2D eigenvalue weighted by Crippen LogP contribution is -2.56. The average molecular weight is 411 g/mol. The second-order valence-electron chi connectivity index (χ2n) is 8.12. The van der Waals surface area contributed by atoms with Crippen molar-refractivity contribution in [1.82, 2.24) is 19.7 Å².